The molecule has 1 aromatic heterocycles. The van der Waals surface area contributed by atoms with E-state index in [9.17, 15) is 19.4 Å². The molecule has 5 aliphatic rings. The van der Waals surface area contributed by atoms with Crippen LogP contribution in [-0.2, 0) is 22.7 Å². The fourth-order valence-electron chi connectivity index (χ4n) is 12.2. The number of aliphatic hydroxyl groups is 2. The van der Waals surface area contributed by atoms with Crippen LogP contribution < -0.4 is 0 Å². The third kappa shape index (κ3) is 4.89. The molecule has 7 nitrogen and oxygen atoms in total. The summed E-state index contributed by atoms with van der Waals surface area (Å²) in [5.74, 6) is 0.474. The highest BCUT2D eigenvalue weighted by Gasteiger charge is 2.69. The summed E-state index contributed by atoms with van der Waals surface area (Å²) in [4.78, 5) is 14.4. The minimum Gasteiger partial charge on any atom is -0.459 e. The van der Waals surface area contributed by atoms with E-state index >= 15 is 0 Å². The Labute approximate surface area is 285 Å². The number of aliphatic hydroxyl groups excluding tert-OH is 2. The third-order valence-corrected chi connectivity index (χ3v) is 15.4. The normalized spacial score (nSPS) is 41.6. The summed E-state index contributed by atoms with van der Waals surface area (Å²) < 4.78 is 22.0. The SMILES string of the molecule is CC1(C)CC[C@]2(C(=O)OCc3cn(Cc4ccccc4F)nn3)CC[C@]3(C)C(=CC[C@@H]4[C@@]5(C)CC[C@H](O)[C@@](C)(CO)[C@@H]5CC[C@]43C)[C@@H]2C1. The second-order valence-electron chi connectivity index (χ2n) is 18.2. The van der Waals surface area contributed by atoms with Crippen LogP contribution in [0.15, 0.2) is 42.1 Å². The number of aromatic nitrogens is 3. The largest absolute Gasteiger partial charge is 0.459 e. The molecule has 7 rings (SSSR count). The van der Waals surface area contributed by atoms with Crippen LogP contribution in [0, 0.1) is 56.1 Å². The monoisotopic (exact) mass is 661 g/mol. The number of fused-ring (bicyclic) bond motifs is 7. The lowest BCUT2D eigenvalue weighted by Crippen LogP contribution is -2.66. The van der Waals surface area contributed by atoms with E-state index in [1.165, 1.54) is 11.6 Å². The van der Waals surface area contributed by atoms with Crippen LogP contribution in [0.1, 0.15) is 117 Å². The van der Waals surface area contributed by atoms with Gasteiger partial charge in [-0.1, -0.05) is 76.6 Å². The van der Waals surface area contributed by atoms with Gasteiger partial charge in [0, 0.05) is 11.0 Å². The molecule has 0 aliphatic heterocycles. The Balaban J connectivity index is 1.16. The lowest BCUT2D eigenvalue weighted by atomic mass is 9.33. The number of halogens is 1. The number of hydrogen-bond acceptors (Lipinski definition) is 6. The van der Waals surface area contributed by atoms with E-state index in [2.05, 4.69) is 57.9 Å². The summed E-state index contributed by atoms with van der Waals surface area (Å²) in [5, 5.41) is 30.1. The molecule has 262 valence electrons. The molecule has 1 aromatic carbocycles. The zero-order valence-corrected chi connectivity index (χ0v) is 29.9. The summed E-state index contributed by atoms with van der Waals surface area (Å²) in [6.45, 7) is 14.7. The first-order chi connectivity index (χ1) is 22.6. The standard InChI is InChI=1S/C40H56FN3O4/c1-35(2)17-19-40(34(47)48-24-27-23-44(43-42-27)22-26-9-7-8-10-30(26)41)20-18-38(5)28(29(40)21-35)11-12-32-36(3)15-14-33(46)37(4,25-45)31(36)13-16-39(32,38)6/h7-11,23,29,31-33,45-46H,12-22,24-25H2,1-6H3/t29-,31+,32+,33-,36-,37-,38+,39+,40-/m0/s1. The van der Waals surface area contributed by atoms with Crippen molar-refractivity contribution >= 4 is 5.97 Å². The number of carbonyl (C=O) groups is 1. The van der Waals surface area contributed by atoms with Gasteiger partial charge in [-0.3, -0.25) is 4.79 Å². The molecule has 2 N–H and O–H groups in total. The van der Waals surface area contributed by atoms with Crippen molar-refractivity contribution in [1.82, 2.24) is 15.0 Å². The molecule has 5 aliphatic carbocycles. The fourth-order valence-corrected chi connectivity index (χ4v) is 12.2. The topological polar surface area (TPSA) is 97.5 Å². The first kappa shape index (κ1) is 33.9. The van der Waals surface area contributed by atoms with Crippen molar-refractivity contribution in [2.24, 2.45) is 50.2 Å². The minimum atomic E-state index is -0.557. The van der Waals surface area contributed by atoms with Crippen molar-refractivity contribution in [1.29, 1.82) is 0 Å². The maximum atomic E-state index is 14.4. The zero-order chi connectivity index (χ0) is 34.3. The van der Waals surface area contributed by atoms with Gasteiger partial charge in [-0.2, -0.15) is 0 Å². The quantitative estimate of drug-likeness (QED) is 0.244. The Morgan fingerprint density at radius 1 is 1.00 bits per heavy atom. The number of benzene rings is 1. The highest BCUT2D eigenvalue weighted by atomic mass is 19.1. The van der Waals surface area contributed by atoms with Crippen LogP contribution in [0.4, 0.5) is 4.39 Å². The van der Waals surface area contributed by atoms with E-state index in [1.54, 1.807) is 29.1 Å². The molecule has 4 saturated carbocycles. The van der Waals surface area contributed by atoms with Gasteiger partial charge in [0.1, 0.15) is 18.1 Å². The van der Waals surface area contributed by atoms with E-state index in [-0.39, 0.29) is 65.0 Å². The molecule has 0 bridgehead atoms. The smallest absolute Gasteiger partial charge is 0.313 e. The molecule has 2 aromatic rings. The minimum absolute atomic E-state index is 0.0277. The number of allylic oxidation sites excluding steroid dienone is 2. The van der Waals surface area contributed by atoms with Crippen molar-refractivity contribution in [3.05, 3.63) is 59.2 Å². The molecule has 8 heteroatoms. The summed E-state index contributed by atoms with van der Waals surface area (Å²) in [5.41, 5.74) is 1.75. The molecule has 48 heavy (non-hydrogen) atoms. The number of ether oxygens (including phenoxy) is 1. The third-order valence-electron chi connectivity index (χ3n) is 15.4. The molecule has 0 amide bonds. The first-order valence-corrected chi connectivity index (χ1v) is 18.4. The number of esters is 1. The molecule has 0 saturated heterocycles. The second kappa shape index (κ2) is 11.5. The van der Waals surface area contributed by atoms with Crippen molar-refractivity contribution in [2.75, 3.05) is 6.61 Å². The van der Waals surface area contributed by atoms with E-state index in [4.69, 9.17) is 4.74 Å². The molecule has 0 radical (unpaired) electrons. The number of hydrogen-bond donors (Lipinski definition) is 2. The predicted molar refractivity (Wildman–Crippen MR) is 182 cm³/mol. The van der Waals surface area contributed by atoms with Gasteiger partial charge in [-0.25, -0.2) is 9.07 Å². The number of carbonyl (C=O) groups excluding carboxylic acids is 1. The van der Waals surface area contributed by atoms with Crippen LogP contribution in [0.5, 0.6) is 0 Å². The lowest BCUT2D eigenvalue weighted by molar-refractivity contribution is -0.217. The highest BCUT2D eigenvalue weighted by Crippen LogP contribution is 2.75. The molecule has 0 unspecified atom stereocenters. The van der Waals surface area contributed by atoms with Gasteiger partial charge in [-0.05, 0) is 110 Å². The molecule has 4 fully saturated rings. The van der Waals surface area contributed by atoms with Gasteiger partial charge in [0.05, 0.1) is 30.9 Å². The van der Waals surface area contributed by atoms with Crippen molar-refractivity contribution in [3.63, 3.8) is 0 Å². The van der Waals surface area contributed by atoms with E-state index in [1.807, 2.05) is 0 Å². The van der Waals surface area contributed by atoms with Gasteiger partial charge in [-0.15, -0.1) is 5.10 Å². The highest BCUT2D eigenvalue weighted by molar-refractivity contribution is 5.78. The van der Waals surface area contributed by atoms with E-state index in [0.29, 0.717) is 17.2 Å². The number of rotatable bonds is 6. The van der Waals surface area contributed by atoms with Crippen LogP contribution in [-0.4, -0.2) is 43.9 Å². The maximum absolute atomic E-state index is 14.4. The first-order valence-electron chi connectivity index (χ1n) is 18.4. The Morgan fingerprint density at radius 2 is 1.75 bits per heavy atom. The average Bonchev–Trinajstić information content (AvgIpc) is 3.50. The van der Waals surface area contributed by atoms with Crippen LogP contribution in [0.2, 0.25) is 0 Å². The molecule has 0 spiro atoms. The molecular formula is C40H56FN3O4. The molecule has 9 atom stereocenters. The van der Waals surface area contributed by atoms with Crippen molar-refractivity contribution < 1.29 is 24.1 Å². The fraction of sp³-hybridized carbons (Fsp3) is 0.725. The van der Waals surface area contributed by atoms with Crippen LogP contribution in [0.3, 0.4) is 0 Å². The molecular weight excluding hydrogens is 605 g/mol. The average molecular weight is 662 g/mol. The summed E-state index contributed by atoms with van der Waals surface area (Å²) in [7, 11) is 0. The van der Waals surface area contributed by atoms with Crippen LogP contribution >= 0.6 is 0 Å². The summed E-state index contributed by atoms with van der Waals surface area (Å²) >= 11 is 0. The van der Waals surface area contributed by atoms with Crippen molar-refractivity contribution in [3.8, 4) is 0 Å². The maximum Gasteiger partial charge on any atom is 0.313 e. The zero-order valence-electron chi connectivity index (χ0n) is 29.9. The van der Waals surface area contributed by atoms with E-state index < -0.39 is 16.9 Å². The van der Waals surface area contributed by atoms with Crippen molar-refractivity contribution in [2.45, 2.75) is 125 Å². The molecule has 1 heterocycles. The summed E-state index contributed by atoms with van der Waals surface area (Å²) in [6, 6.07) is 6.64. The Hall–Kier alpha value is -2.58. The Kier molecular flexibility index (Phi) is 8.10. The number of nitrogens with zero attached hydrogens (tertiary/aromatic N) is 3. The Morgan fingerprint density at radius 3 is 2.50 bits per heavy atom. The van der Waals surface area contributed by atoms with Gasteiger partial charge < -0.3 is 14.9 Å². The van der Waals surface area contributed by atoms with Gasteiger partial charge in [0.15, 0.2) is 0 Å². The Bertz CT molecular complexity index is 1600. The lowest BCUT2D eigenvalue weighted by Gasteiger charge is -2.71. The van der Waals surface area contributed by atoms with Gasteiger partial charge in [0.2, 0.25) is 0 Å². The summed E-state index contributed by atoms with van der Waals surface area (Å²) in [6.07, 6.45) is 13.2. The van der Waals surface area contributed by atoms with Gasteiger partial charge in [0.25, 0.3) is 0 Å². The second-order valence-corrected chi connectivity index (χ2v) is 18.2. The van der Waals surface area contributed by atoms with Crippen LogP contribution in [0.25, 0.3) is 0 Å². The predicted octanol–water partition coefficient (Wildman–Crippen LogP) is 7.64. The van der Waals surface area contributed by atoms with Gasteiger partial charge >= 0.3 is 5.97 Å². The van der Waals surface area contributed by atoms with E-state index in [0.717, 1.165) is 64.2 Å².